The van der Waals surface area contributed by atoms with Crippen molar-refractivity contribution in [2.45, 2.75) is 6.42 Å². The molecule has 0 saturated carbocycles. The van der Waals surface area contributed by atoms with Crippen LogP contribution in [-0.4, -0.2) is 8.76 Å². The molecule has 1 unspecified atom stereocenters. The summed E-state index contributed by atoms with van der Waals surface area (Å²) in [4.78, 5) is 1.39. The Morgan fingerprint density at radius 3 is 2.54 bits per heavy atom. The smallest absolute Gasteiger partial charge is 0.00827 e. The number of hydrogen-bond donors (Lipinski definition) is 0. The van der Waals surface area contributed by atoms with Crippen molar-refractivity contribution in [2.24, 2.45) is 0 Å². The van der Waals surface area contributed by atoms with E-state index in [9.17, 15) is 8.76 Å². The lowest BCUT2D eigenvalue weighted by molar-refractivity contribution is 0.546. The Kier molecular flexibility index (Phi) is 7.48. The molecule has 0 spiro atoms. The lowest BCUT2D eigenvalue weighted by Crippen LogP contribution is -1.71. The summed E-state index contributed by atoms with van der Waals surface area (Å²) in [5, 5.41) is 2.92. The van der Waals surface area contributed by atoms with Gasteiger partial charge in [0.05, 0.1) is 0 Å². The van der Waals surface area contributed by atoms with Crippen LogP contribution in [0.5, 0.6) is 0 Å². The molecule has 0 bridgehead atoms. The minimum atomic E-state index is -2.06. The molecular weight excluding hydrogens is 204 g/mol. The van der Waals surface area contributed by atoms with E-state index in [1.807, 2.05) is 6.08 Å². The summed E-state index contributed by atoms with van der Waals surface area (Å²) in [5.74, 6) is 0. The Balaban J connectivity index is 0.000000252. The minimum absolute atomic E-state index is 0.833. The van der Waals surface area contributed by atoms with Gasteiger partial charge in [0, 0.05) is 4.88 Å². The normalized spacial score (nSPS) is 10.8. The molecule has 0 amide bonds. The molecule has 0 aliphatic rings. The molecule has 0 N–H and O–H groups in total. The van der Waals surface area contributed by atoms with Gasteiger partial charge < -0.3 is 4.55 Å². The molecule has 0 aliphatic carbocycles. The predicted molar refractivity (Wildman–Crippen MR) is 57.3 cm³/mol. The van der Waals surface area contributed by atoms with Crippen molar-refractivity contribution in [1.29, 1.82) is 0 Å². The molecule has 0 saturated heterocycles. The van der Waals surface area contributed by atoms with Crippen LogP contribution in [0, 0.1) is 0 Å². The summed E-state index contributed by atoms with van der Waals surface area (Å²) in [7, 11) is 0. The molecule has 1 atom stereocenters. The molecule has 0 radical (unpaired) electrons. The van der Waals surface area contributed by atoms with Gasteiger partial charge in [-0.2, -0.15) is 0 Å². The second-order valence-electron chi connectivity index (χ2n) is 2.00. The van der Waals surface area contributed by atoms with Crippen molar-refractivity contribution in [3.8, 4) is 0 Å². The van der Waals surface area contributed by atoms with E-state index in [-0.39, 0.29) is 0 Å². The lowest BCUT2D eigenvalue weighted by atomic mass is 10.3. The van der Waals surface area contributed by atoms with Gasteiger partial charge in [-0.25, -0.2) is 0 Å². The van der Waals surface area contributed by atoms with Crippen LogP contribution in [0.2, 0.25) is 0 Å². The largest absolute Gasteiger partial charge is 0.769 e. The number of rotatable bonds is 3. The Bertz CT molecular complexity index is 265. The summed E-state index contributed by atoms with van der Waals surface area (Å²) in [6.45, 7) is 6.59. The zero-order valence-electron chi connectivity index (χ0n) is 7.14. The Morgan fingerprint density at radius 2 is 2.23 bits per heavy atom. The fourth-order valence-corrected chi connectivity index (χ4v) is 1.27. The van der Waals surface area contributed by atoms with Crippen LogP contribution >= 0.6 is 11.3 Å². The van der Waals surface area contributed by atoms with Crippen LogP contribution in [0.15, 0.2) is 42.2 Å². The molecule has 1 aromatic rings. The molecule has 2 nitrogen and oxygen atoms in total. The summed E-state index contributed by atoms with van der Waals surface area (Å²) >= 11 is -0.282. The fourth-order valence-electron chi connectivity index (χ4n) is 0.571. The summed E-state index contributed by atoms with van der Waals surface area (Å²) in [6.07, 6.45) is 2.93. The zero-order valence-corrected chi connectivity index (χ0v) is 8.77. The molecule has 0 aliphatic heterocycles. The highest BCUT2D eigenvalue weighted by Gasteiger charge is 1.84. The van der Waals surface area contributed by atoms with Crippen molar-refractivity contribution in [3.05, 3.63) is 47.0 Å². The Hall–Kier alpha value is -0.710. The van der Waals surface area contributed by atoms with E-state index in [1.165, 1.54) is 4.88 Å². The molecule has 1 rings (SSSR count). The third-order valence-electron chi connectivity index (χ3n) is 1.06. The summed E-state index contributed by atoms with van der Waals surface area (Å²) < 4.78 is 18.5. The van der Waals surface area contributed by atoms with Gasteiger partial charge >= 0.3 is 0 Å². The maximum Gasteiger partial charge on any atom is 0.00827 e. The number of allylic oxidation sites excluding steroid dienone is 1. The van der Waals surface area contributed by atoms with E-state index in [1.54, 1.807) is 11.3 Å². The standard InChI is InChI=1S/C7H8S.C2H4O2S/c1-2-4-7-5-3-6-8-7;1-2-5(3)4/h2-3,5-6H,1,4H2;2H,1H2,(H,3,4)/p-1. The van der Waals surface area contributed by atoms with Gasteiger partial charge in [0.2, 0.25) is 0 Å². The second-order valence-corrected chi connectivity index (χ2v) is 3.89. The van der Waals surface area contributed by atoms with E-state index in [0.717, 1.165) is 11.8 Å². The molecule has 0 fully saturated rings. The Labute approximate surface area is 84.9 Å². The average molecular weight is 215 g/mol. The highest BCUT2D eigenvalue weighted by molar-refractivity contribution is 7.82. The first-order valence-electron chi connectivity index (χ1n) is 3.54. The van der Waals surface area contributed by atoms with Gasteiger partial charge in [-0.15, -0.1) is 17.9 Å². The molecule has 0 aromatic carbocycles. The molecule has 13 heavy (non-hydrogen) atoms. The van der Waals surface area contributed by atoms with Crippen LogP contribution in [0.1, 0.15) is 4.88 Å². The van der Waals surface area contributed by atoms with Crippen LogP contribution in [-0.2, 0) is 17.5 Å². The van der Waals surface area contributed by atoms with Crippen molar-refractivity contribution >= 4 is 22.4 Å². The Morgan fingerprint density at radius 1 is 1.62 bits per heavy atom. The van der Waals surface area contributed by atoms with Crippen molar-refractivity contribution in [2.75, 3.05) is 0 Å². The average Bonchev–Trinajstić information content (AvgIpc) is 2.59. The fraction of sp³-hybridized carbons (Fsp3) is 0.111. The minimum Gasteiger partial charge on any atom is -0.769 e. The van der Waals surface area contributed by atoms with Crippen molar-refractivity contribution < 1.29 is 8.76 Å². The zero-order chi connectivity index (χ0) is 10.1. The topological polar surface area (TPSA) is 40.1 Å². The first kappa shape index (κ1) is 12.3. The van der Waals surface area contributed by atoms with Crippen LogP contribution in [0.3, 0.4) is 0 Å². The lowest BCUT2D eigenvalue weighted by Gasteiger charge is -1.88. The maximum atomic E-state index is 9.25. The summed E-state index contributed by atoms with van der Waals surface area (Å²) in [6, 6.07) is 4.18. The third kappa shape index (κ3) is 7.64. The monoisotopic (exact) mass is 215 g/mol. The van der Waals surface area contributed by atoms with Crippen LogP contribution in [0.25, 0.3) is 0 Å². The maximum absolute atomic E-state index is 9.25. The van der Waals surface area contributed by atoms with Crippen LogP contribution < -0.4 is 0 Å². The molecular formula is C9H11O2S2-. The van der Waals surface area contributed by atoms with Gasteiger partial charge in [0.1, 0.15) is 0 Å². The van der Waals surface area contributed by atoms with E-state index >= 15 is 0 Å². The predicted octanol–water partition coefficient (Wildman–Crippen LogP) is 2.49. The van der Waals surface area contributed by atoms with Gasteiger partial charge in [-0.3, -0.25) is 4.21 Å². The quantitative estimate of drug-likeness (QED) is 0.574. The van der Waals surface area contributed by atoms with E-state index < -0.39 is 11.1 Å². The highest BCUT2D eigenvalue weighted by atomic mass is 32.2. The molecule has 4 heteroatoms. The van der Waals surface area contributed by atoms with Gasteiger partial charge in [0.25, 0.3) is 0 Å². The number of hydrogen-bond acceptors (Lipinski definition) is 3. The second kappa shape index (κ2) is 7.91. The van der Waals surface area contributed by atoms with Crippen LogP contribution in [0.4, 0.5) is 0 Å². The SMILES string of the molecule is C=CCc1cccs1.C=CS(=O)[O-]. The third-order valence-corrected chi connectivity index (χ3v) is 2.23. The molecule has 1 aromatic heterocycles. The first-order valence-corrected chi connectivity index (χ1v) is 5.56. The number of thiophene rings is 1. The van der Waals surface area contributed by atoms with Crippen molar-refractivity contribution in [1.82, 2.24) is 0 Å². The highest BCUT2D eigenvalue weighted by Crippen LogP contribution is 2.08. The summed E-state index contributed by atoms with van der Waals surface area (Å²) in [5.41, 5.74) is 0. The van der Waals surface area contributed by atoms with E-state index in [4.69, 9.17) is 0 Å². The van der Waals surface area contributed by atoms with E-state index in [0.29, 0.717) is 0 Å². The van der Waals surface area contributed by atoms with Gasteiger partial charge in [-0.1, -0.05) is 18.7 Å². The van der Waals surface area contributed by atoms with Crippen molar-refractivity contribution in [3.63, 3.8) is 0 Å². The first-order chi connectivity index (χ1) is 6.20. The van der Waals surface area contributed by atoms with Gasteiger partial charge in [-0.05, 0) is 34.4 Å². The molecule has 1 heterocycles. The van der Waals surface area contributed by atoms with E-state index in [2.05, 4.69) is 30.7 Å². The molecule has 72 valence electrons. The van der Waals surface area contributed by atoms with Gasteiger partial charge in [0.15, 0.2) is 0 Å².